The van der Waals surface area contributed by atoms with Gasteiger partial charge in [0.2, 0.25) is 5.91 Å². The number of rotatable bonds is 7. The average Bonchev–Trinajstić information content (AvgIpc) is 2.84. The van der Waals surface area contributed by atoms with Crippen molar-refractivity contribution in [1.29, 1.82) is 0 Å². The third kappa shape index (κ3) is 3.99. The van der Waals surface area contributed by atoms with E-state index in [0.29, 0.717) is 30.8 Å². The fraction of sp³-hybridized carbons (Fsp3) is 0.353. The molecule has 3 N–H and O–H groups in total. The molecular formula is C17H22N4O3. The Morgan fingerprint density at radius 1 is 1.21 bits per heavy atom. The van der Waals surface area contributed by atoms with Crippen LogP contribution in [-0.2, 0) is 17.8 Å². The van der Waals surface area contributed by atoms with E-state index in [0.717, 1.165) is 17.0 Å². The number of carbonyl (C=O) groups excluding carboxylic acids is 2. The largest absolute Gasteiger partial charge is 0.383 e. The Bertz CT molecular complexity index is 735. The first kappa shape index (κ1) is 17.7. The van der Waals surface area contributed by atoms with Crippen molar-refractivity contribution in [2.24, 2.45) is 5.73 Å². The Morgan fingerprint density at radius 3 is 2.42 bits per heavy atom. The van der Waals surface area contributed by atoms with Crippen molar-refractivity contribution in [1.82, 2.24) is 15.1 Å². The molecule has 128 valence electrons. The number of hydrogen-bond donors (Lipinski definition) is 2. The zero-order valence-electron chi connectivity index (χ0n) is 14.1. The van der Waals surface area contributed by atoms with Crippen LogP contribution in [0.2, 0.25) is 0 Å². The van der Waals surface area contributed by atoms with Gasteiger partial charge in [0.15, 0.2) is 0 Å². The van der Waals surface area contributed by atoms with Crippen LogP contribution in [0.1, 0.15) is 37.7 Å². The van der Waals surface area contributed by atoms with Crippen molar-refractivity contribution < 1.29 is 14.3 Å². The maximum absolute atomic E-state index is 12.2. The molecule has 0 bridgehead atoms. The van der Waals surface area contributed by atoms with Crippen LogP contribution >= 0.6 is 0 Å². The van der Waals surface area contributed by atoms with E-state index in [2.05, 4.69) is 10.4 Å². The number of benzene rings is 1. The van der Waals surface area contributed by atoms with Crippen LogP contribution in [0.15, 0.2) is 24.3 Å². The van der Waals surface area contributed by atoms with Crippen LogP contribution in [0.25, 0.3) is 0 Å². The Kier molecular flexibility index (Phi) is 5.70. The SMILES string of the molecule is COCCn1nc(C)c(CNC(=O)c2ccc(C(N)=O)cc2)c1C. The third-order valence-electron chi connectivity index (χ3n) is 3.90. The molecule has 0 atom stereocenters. The molecular weight excluding hydrogens is 308 g/mol. The van der Waals surface area contributed by atoms with E-state index in [9.17, 15) is 9.59 Å². The smallest absolute Gasteiger partial charge is 0.251 e. The summed E-state index contributed by atoms with van der Waals surface area (Å²) in [6.07, 6.45) is 0. The normalized spacial score (nSPS) is 10.6. The summed E-state index contributed by atoms with van der Waals surface area (Å²) in [7, 11) is 1.65. The van der Waals surface area contributed by atoms with Crippen LogP contribution in [0.3, 0.4) is 0 Å². The van der Waals surface area contributed by atoms with Crippen LogP contribution in [0.4, 0.5) is 0 Å². The van der Waals surface area contributed by atoms with Gasteiger partial charge in [0, 0.05) is 36.0 Å². The van der Waals surface area contributed by atoms with Crippen LogP contribution in [-0.4, -0.2) is 35.3 Å². The lowest BCUT2D eigenvalue weighted by Crippen LogP contribution is -2.23. The number of methoxy groups -OCH3 is 1. The molecule has 0 unspecified atom stereocenters. The Labute approximate surface area is 140 Å². The van der Waals surface area contributed by atoms with E-state index in [4.69, 9.17) is 10.5 Å². The zero-order chi connectivity index (χ0) is 17.7. The second kappa shape index (κ2) is 7.74. The molecule has 0 saturated carbocycles. The standard InChI is InChI=1S/C17H22N4O3/c1-11-15(12(2)21(20-11)8-9-24-3)10-19-17(23)14-6-4-13(5-7-14)16(18)22/h4-7H,8-10H2,1-3H3,(H2,18,22)(H,19,23). The summed E-state index contributed by atoms with van der Waals surface area (Å²) in [4.78, 5) is 23.3. The van der Waals surface area contributed by atoms with Gasteiger partial charge in [0.05, 0.1) is 18.8 Å². The third-order valence-corrected chi connectivity index (χ3v) is 3.90. The fourth-order valence-electron chi connectivity index (χ4n) is 2.44. The Morgan fingerprint density at radius 2 is 1.83 bits per heavy atom. The molecule has 0 radical (unpaired) electrons. The van der Waals surface area contributed by atoms with E-state index < -0.39 is 5.91 Å². The predicted molar refractivity (Wildman–Crippen MR) is 89.7 cm³/mol. The monoisotopic (exact) mass is 330 g/mol. The van der Waals surface area contributed by atoms with Crippen molar-refractivity contribution in [2.45, 2.75) is 26.9 Å². The second-order valence-corrected chi connectivity index (χ2v) is 5.49. The van der Waals surface area contributed by atoms with E-state index in [1.807, 2.05) is 18.5 Å². The molecule has 2 amide bonds. The number of nitrogens with zero attached hydrogens (tertiary/aromatic N) is 2. The molecule has 0 aliphatic heterocycles. The molecule has 2 rings (SSSR count). The number of amides is 2. The highest BCUT2D eigenvalue weighted by Gasteiger charge is 2.13. The topological polar surface area (TPSA) is 99.2 Å². The van der Waals surface area contributed by atoms with Crippen molar-refractivity contribution in [2.75, 3.05) is 13.7 Å². The van der Waals surface area contributed by atoms with Gasteiger partial charge in [0.1, 0.15) is 0 Å². The Balaban J connectivity index is 2.03. The highest BCUT2D eigenvalue weighted by molar-refractivity contribution is 5.97. The average molecular weight is 330 g/mol. The lowest BCUT2D eigenvalue weighted by molar-refractivity contribution is 0.0948. The minimum atomic E-state index is -0.517. The summed E-state index contributed by atoms with van der Waals surface area (Å²) >= 11 is 0. The van der Waals surface area contributed by atoms with Crippen LogP contribution in [0, 0.1) is 13.8 Å². The first-order valence-electron chi connectivity index (χ1n) is 7.64. The first-order chi connectivity index (χ1) is 11.4. The van der Waals surface area contributed by atoms with Crippen molar-refractivity contribution >= 4 is 11.8 Å². The van der Waals surface area contributed by atoms with Crippen LogP contribution < -0.4 is 11.1 Å². The molecule has 0 spiro atoms. The molecule has 2 aromatic rings. The van der Waals surface area contributed by atoms with E-state index in [-0.39, 0.29) is 5.91 Å². The summed E-state index contributed by atoms with van der Waals surface area (Å²) < 4.78 is 6.95. The van der Waals surface area contributed by atoms with Crippen molar-refractivity contribution in [3.05, 3.63) is 52.3 Å². The molecule has 7 nitrogen and oxygen atoms in total. The highest BCUT2D eigenvalue weighted by Crippen LogP contribution is 2.13. The van der Waals surface area contributed by atoms with Gasteiger partial charge >= 0.3 is 0 Å². The van der Waals surface area contributed by atoms with Gasteiger partial charge in [-0.05, 0) is 38.1 Å². The summed E-state index contributed by atoms with van der Waals surface area (Å²) in [5.74, 6) is -0.730. The number of carbonyl (C=O) groups is 2. The number of aryl methyl sites for hydroxylation is 1. The highest BCUT2D eigenvalue weighted by atomic mass is 16.5. The molecule has 0 aliphatic rings. The van der Waals surface area contributed by atoms with Gasteiger partial charge in [-0.1, -0.05) is 0 Å². The van der Waals surface area contributed by atoms with Crippen molar-refractivity contribution in [3.8, 4) is 0 Å². The van der Waals surface area contributed by atoms with Gasteiger partial charge in [-0.2, -0.15) is 5.10 Å². The van der Waals surface area contributed by atoms with Gasteiger partial charge in [-0.25, -0.2) is 0 Å². The number of nitrogens with one attached hydrogen (secondary N) is 1. The van der Waals surface area contributed by atoms with E-state index >= 15 is 0 Å². The van der Waals surface area contributed by atoms with E-state index in [1.165, 1.54) is 12.1 Å². The number of hydrogen-bond acceptors (Lipinski definition) is 4. The van der Waals surface area contributed by atoms with Gasteiger partial charge < -0.3 is 15.8 Å². The minimum Gasteiger partial charge on any atom is -0.383 e. The summed E-state index contributed by atoms with van der Waals surface area (Å²) in [5, 5.41) is 7.34. The molecule has 24 heavy (non-hydrogen) atoms. The minimum absolute atomic E-state index is 0.213. The number of nitrogens with two attached hydrogens (primary N) is 1. The van der Waals surface area contributed by atoms with Gasteiger partial charge in [-0.15, -0.1) is 0 Å². The van der Waals surface area contributed by atoms with E-state index in [1.54, 1.807) is 19.2 Å². The fourth-order valence-corrected chi connectivity index (χ4v) is 2.44. The molecule has 0 saturated heterocycles. The molecule has 1 heterocycles. The summed E-state index contributed by atoms with van der Waals surface area (Å²) in [6.45, 7) is 5.53. The molecule has 7 heteroatoms. The lowest BCUT2D eigenvalue weighted by Gasteiger charge is -2.07. The Hall–Kier alpha value is -2.67. The predicted octanol–water partition coefficient (Wildman–Crippen LogP) is 1.18. The lowest BCUT2D eigenvalue weighted by atomic mass is 10.1. The summed E-state index contributed by atoms with van der Waals surface area (Å²) in [5.41, 5.74) is 8.92. The first-order valence-corrected chi connectivity index (χ1v) is 7.64. The van der Waals surface area contributed by atoms with Gasteiger partial charge in [-0.3, -0.25) is 14.3 Å². The summed E-state index contributed by atoms with van der Waals surface area (Å²) in [6, 6.07) is 6.24. The zero-order valence-corrected chi connectivity index (χ0v) is 14.1. The molecule has 1 aromatic heterocycles. The number of ether oxygens (including phenoxy) is 1. The van der Waals surface area contributed by atoms with Crippen molar-refractivity contribution in [3.63, 3.8) is 0 Å². The maximum atomic E-state index is 12.2. The molecule has 0 fully saturated rings. The molecule has 1 aromatic carbocycles. The maximum Gasteiger partial charge on any atom is 0.251 e. The van der Waals surface area contributed by atoms with Gasteiger partial charge in [0.25, 0.3) is 5.91 Å². The number of aromatic nitrogens is 2. The second-order valence-electron chi connectivity index (χ2n) is 5.49. The quantitative estimate of drug-likeness (QED) is 0.796. The number of primary amides is 1. The molecule has 0 aliphatic carbocycles. The van der Waals surface area contributed by atoms with Crippen LogP contribution in [0.5, 0.6) is 0 Å².